The lowest BCUT2D eigenvalue weighted by molar-refractivity contribution is -0.122. The zero-order valence-electron chi connectivity index (χ0n) is 8.32. The van der Waals surface area contributed by atoms with Gasteiger partial charge in [-0.25, -0.2) is 23.0 Å². The van der Waals surface area contributed by atoms with E-state index in [1.54, 1.807) is 5.43 Å². The van der Waals surface area contributed by atoms with Gasteiger partial charge in [-0.1, -0.05) is 0 Å². The van der Waals surface area contributed by atoms with Crippen molar-refractivity contribution >= 4 is 15.7 Å². The molecule has 3 N–H and O–H groups in total. The largest absolute Gasteiger partial charge is 0.293 e. The summed E-state index contributed by atoms with van der Waals surface area (Å²) in [6, 6.07) is 0. The standard InChI is InChI=1S/C8H12F2N2O3S/c9-6(10)5-3-8(5,7(13)12-11)16(14,15)4-1-2-4/h4-6H,1-3,11H2,(H,12,13). The van der Waals surface area contributed by atoms with E-state index in [-0.39, 0.29) is 6.42 Å². The van der Waals surface area contributed by atoms with Crippen LogP contribution in [0.5, 0.6) is 0 Å². The number of hydrogen-bond donors (Lipinski definition) is 2. The molecule has 0 aromatic carbocycles. The Hall–Kier alpha value is -0.760. The van der Waals surface area contributed by atoms with Crippen LogP contribution in [0.1, 0.15) is 19.3 Å². The van der Waals surface area contributed by atoms with E-state index in [0.29, 0.717) is 12.8 Å². The zero-order valence-corrected chi connectivity index (χ0v) is 9.14. The molecule has 2 fully saturated rings. The van der Waals surface area contributed by atoms with E-state index >= 15 is 0 Å². The van der Waals surface area contributed by atoms with Gasteiger partial charge in [0, 0.05) is 0 Å². The first-order valence-corrected chi connectivity index (χ1v) is 6.45. The monoisotopic (exact) mass is 254 g/mol. The number of halogens is 2. The van der Waals surface area contributed by atoms with Gasteiger partial charge in [0.2, 0.25) is 6.43 Å². The molecule has 0 saturated heterocycles. The summed E-state index contributed by atoms with van der Waals surface area (Å²) in [6.45, 7) is 0. The predicted molar refractivity (Wildman–Crippen MR) is 51.1 cm³/mol. The highest BCUT2D eigenvalue weighted by Crippen LogP contribution is 2.57. The first-order valence-electron chi connectivity index (χ1n) is 4.90. The third kappa shape index (κ3) is 1.36. The van der Waals surface area contributed by atoms with Crippen molar-refractivity contribution in [3.63, 3.8) is 0 Å². The number of hydrazine groups is 1. The first kappa shape index (κ1) is 11.7. The van der Waals surface area contributed by atoms with Crippen molar-refractivity contribution in [3.8, 4) is 0 Å². The molecular weight excluding hydrogens is 242 g/mol. The highest BCUT2D eigenvalue weighted by Gasteiger charge is 2.74. The molecule has 2 saturated carbocycles. The highest BCUT2D eigenvalue weighted by atomic mass is 32.2. The van der Waals surface area contributed by atoms with E-state index in [1.165, 1.54) is 0 Å². The van der Waals surface area contributed by atoms with Crippen LogP contribution in [0, 0.1) is 5.92 Å². The number of carbonyl (C=O) groups excluding carboxylic acids is 1. The number of nitrogens with one attached hydrogen (secondary N) is 1. The number of rotatable bonds is 4. The normalized spacial score (nSPS) is 33.9. The molecule has 2 atom stereocenters. The molecule has 0 aromatic heterocycles. The molecule has 0 radical (unpaired) electrons. The Kier molecular flexibility index (Phi) is 2.46. The molecule has 8 heteroatoms. The molecule has 0 bridgehead atoms. The van der Waals surface area contributed by atoms with Crippen LogP contribution in [0.2, 0.25) is 0 Å². The lowest BCUT2D eigenvalue weighted by Crippen LogP contribution is -2.48. The maximum atomic E-state index is 12.5. The molecule has 0 aromatic rings. The van der Waals surface area contributed by atoms with Gasteiger partial charge in [-0.15, -0.1) is 0 Å². The molecule has 2 unspecified atom stereocenters. The van der Waals surface area contributed by atoms with Gasteiger partial charge in [0.05, 0.1) is 11.2 Å². The van der Waals surface area contributed by atoms with Gasteiger partial charge in [-0.05, 0) is 19.3 Å². The molecule has 2 aliphatic carbocycles. The van der Waals surface area contributed by atoms with Crippen molar-refractivity contribution in [3.05, 3.63) is 0 Å². The number of carbonyl (C=O) groups is 1. The van der Waals surface area contributed by atoms with Crippen LogP contribution in [0.25, 0.3) is 0 Å². The maximum Gasteiger partial charge on any atom is 0.255 e. The van der Waals surface area contributed by atoms with E-state index in [2.05, 4.69) is 0 Å². The van der Waals surface area contributed by atoms with E-state index in [9.17, 15) is 22.0 Å². The van der Waals surface area contributed by atoms with Crippen LogP contribution < -0.4 is 11.3 Å². The molecule has 2 aliphatic rings. The van der Waals surface area contributed by atoms with Gasteiger partial charge >= 0.3 is 0 Å². The Morgan fingerprint density at radius 2 is 2.00 bits per heavy atom. The third-order valence-electron chi connectivity index (χ3n) is 3.25. The average molecular weight is 254 g/mol. The summed E-state index contributed by atoms with van der Waals surface area (Å²) >= 11 is 0. The van der Waals surface area contributed by atoms with E-state index in [4.69, 9.17) is 5.84 Å². The summed E-state index contributed by atoms with van der Waals surface area (Å²) in [4.78, 5) is 11.4. The van der Waals surface area contributed by atoms with Crippen molar-refractivity contribution in [2.45, 2.75) is 35.7 Å². The molecule has 16 heavy (non-hydrogen) atoms. The predicted octanol–water partition coefficient (Wildman–Crippen LogP) is -0.423. The minimum atomic E-state index is -3.83. The van der Waals surface area contributed by atoms with Gasteiger partial charge < -0.3 is 0 Å². The summed E-state index contributed by atoms with van der Waals surface area (Å²) in [6.07, 6.45) is -2.26. The molecule has 5 nitrogen and oxygen atoms in total. The molecular formula is C8H12F2N2O3S. The average Bonchev–Trinajstić information content (AvgIpc) is 3.04. The minimum absolute atomic E-state index is 0.327. The maximum absolute atomic E-state index is 12.5. The molecule has 2 rings (SSSR count). The van der Waals surface area contributed by atoms with Crippen molar-refractivity contribution < 1.29 is 22.0 Å². The van der Waals surface area contributed by atoms with Gasteiger partial charge in [0.15, 0.2) is 14.6 Å². The highest BCUT2D eigenvalue weighted by molar-refractivity contribution is 7.94. The Labute approximate surface area is 91.3 Å². The molecule has 1 amide bonds. The number of amides is 1. The Balaban J connectivity index is 2.35. The fourth-order valence-electron chi connectivity index (χ4n) is 2.08. The van der Waals surface area contributed by atoms with Crippen molar-refractivity contribution in [1.29, 1.82) is 0 Å². The minimum Gasteiger partial charge on any atom is -0.293 e. The smallest absolute Gasteiger partial charge is 0.255 e. The quantitative estimate of drug-likeness (QED) is 0.405. The molecule has 0 aliphatic heterocycles. The van der Waals surface area contributed by atoms with Crippen LogP contribution in [0.3, 0.4) is 0 Å². The van der Waals surface area contributed by atoms with Crippen molar-refractivity contribution in [1.82, 2.24) is 5.43 Å². The van der Waals surface area contributed by atoms with Crippen LogP contribution in [-0.4, -0.2) is 30.7 Å². The summed E-state index contributed by atoms with van der Waals surface area (Å²) in [7, 11) is -3.83. The van der Waals surface area contributed by atoms with Crippen LogP contribution >= 0.6 is 0 Å². The summed E-state index contributed by atoms with van der Waals surface area (Å²) in [5.41, 5.74) is 1.69. The van der Waals surface area contributed by atoms with Gasteiger partial charge in [0.1, 0.15) is 0 Å². The first-order chi connectivity index (χ1) is 7.38. The van der Waals surface area contributed by atoms with Crippen molar-refractivity contribution in [2.75, 3.05) is 0 Å². The lowest BCUT2D eigenvalue weighted by atomic mass is 10.3. The fourth-order valence-corrected chi connectivity index (χ4v) is 4.68. The van der Waals surface area contributed by atoms with Gasteiger partial charge in [-0.2, -0.15) is 0 Å². The molecule has 0 spiro atoms. The SMILES string of the molecule is NNC(=O)C1(S(=O)(=O)C2CC2)CC1C(F)F. The number of sulfone groups is 1. The van der Waals surface area contributed by atoms with Gasteiger partial charge in [-0.3, -0.25) is 10.2 Å². The number of nitrogens with two attached hydrogens (primary N) is 1. The summed E-state index contributed by atoms with van der Waals surface area (Å²) in [5.74, 6) is 2.44. The van der Waals surface area contributed by atoms with Gasteiger partial charge in [0.25, 0.3) is 5.91 Å². The fraction of sp³-hybridized carbons (Fsp3) is 0.875. The number of hydrogen-bond acceptors (Lipinski definition) is 4. The molecule has 0 heterocycles. The van der Waals surface area contributed by atoms with Crippen LogP contribution in [0.4, 0.5) is 8.78 Å². The topological polar surface area (TPSA) is 89.3 Å². The second-order valence-electron chi connectivity index (χ2n) is 4.25. The Morgan fingerprint density at radius 1 is 1.44 bits per heavy atom. The van der Waals surface area contributed by atoms with Crippen LogP contribution in [0.15, 0.2) is 0 Å². The number of alkyl halides is 2. The summed E-state index contributed by atoms with van der Waals surface area (Å²) in [5, 5.41) is -0.645. The molecule has 92 valence electrons. The van der Waals surface area contributed by atoms with Crippen LogP contribution in [-0.2, 0) is 14.6 Å². The third-order valence-corrected chi connectivity index (χ3v) is 6.27. The van der Waals surface area contributed by atoms with Crippen molar-refractivity contribution in [2.24, 2.45) is 11.8 Å². The lowest BCUT2D eigenvalue weighted by Gasteiger charge is -2.15. The Bertz CT molecular complexity index is 421. The summed E-state index contributed by atoms with van der Waals surface area (Å²) < 4.78 is 47.0. The Morgan fingerprint density at radius 3 is 2.31 bits per heavy atom. The zero-order chi connectivity index (χ0) is 12.1. The van der Waals surface area contributed by atoms with E-state index in [1.807, 2.05) is 0 Å². The van der Waals surface area contributed by atoms with E-state index < -0.39 is 38.1 Å². The second kappa shape index (κ2) is 3.36. The van der Waals surface area contributed by atoms with E-state index in [0.717, 1.165) is 0 Å². The second-order valence-corrected chi connectivity index (χ2v) is 6.74.